The molecule has 0 radical (unpaired) electrons. The van der Waals surface area contributed by atoms with Crippen molar-refractivity contribution in [1.82, 2.24) is 15.0 Å². The van der Waals surface area contributed by atoms with Crippen molar-refractivity contribution < 1.29 is 0 Å². The summed E-state index contributed by atoms with van der Waals surface area (Å²) in [6.45, 7) is 7.57. The molecule has 0 aliphatic carbocycles. The molecule has 0 fully saturated rings. The van der Waals surface area contributed by atoms with Crippen LogP contribution in [0.15, 0.2) is 43.5 Å². The van der Waals surface area contributed by atoms with E-state index in [-0.39, 0.29) is 17.5 Å². The van der Waals surface area contributed by atoms with Crippen LogP contribution in [-0.4, -0.2) is 15.0 Å². The molecular weight excluding hydrogens is 483 g/mol. The summed E-state index contributed by atoms with van der Waals surface area (Å²) in [7, 11) is 0. The molecular formula is C19H15Cl6N3. The van der Waals surface area contributed by atoms with Gasteiger partial charge in [0.15, 0.2) is 17.5 Å². The van der Waals surface area contributed by atoms with Crippen molar-refractivity contribution in [2.75, 3.05) is 0 Å². The maximum absolute atomic E-state index is 5.89. The van der Waals surface area contributed by atoms with E-state index in [0.29, 0.717) is 6.42 Å². The molecule has 1 aromatic carbocycles. The molecule has 28 heavy (non-hydrogen) atoms. The van der Waals surface area contributed by atoms with Gasteiger partial charge in [-0.05, 0) is 35.6 Å². The van der Waals surface area contributed by atoms with E-state index in [1.165, 1.54) is 0 Å². The Morgan fingerprint density at radius 3 is 1.86 bits per heavy atom. The van der Waals surface area contributed by atoms with Gasteiger partial charge in [0.2, 0.25) is 7.59 Å². The number of allylic oxidation sites excluding steroid dienone is 2. The lowest BCUT2D eigenvalue weighted by Gasteiger charge is -2.14. The number of nitrogens with zero attached hydrogens (tertiary/aromatic N) is 3. The van der Waals surface area contributed by atoms with Crippen molar-refractivity contribution in [1.29, 1.82) is 0 Å². The minimum atomic E-state index is -1.89. The molecule has 0 bridgehead atoms. The first-order chi connectivity index (χ1) is 13.0. The Morgan fingerprint density at radius 1 is 0.786 bits per heavy atom. The minimum absolute atomic E-state index is 0.138. The molecule has 0 atom stereocenters. The zero-order valence-corrected chi connectivity index (χ0v) is 19.0. The maximum Gasteiger partial charge on any atom is 0.250 e. The van der Waals surface area contributed by atoms with Gasteiger partial charge in [-0.2, -0.15) is 0 Å². The van der Waals surface area contributed by atoms with Gasteiger partial charge >= 0.3 is 0 Å². The van der Waals surface area contributed by atoms with Crippen LogP contribution in [0.4, 0.5) is 0 Å². The van der Waals surface area contributed by atoms with Gasteiger partial charge in [-0.25, -0.2) is 15.0 Å². The SMILES string of the molecule is C=CCc1ccc(C=Cc2nc(C(Cl)(Cl)Cl)nc(C(Cl)(Cl)Cl)n2)c(CC=C)c1. The second-order valence-corrected chi connectivity index (χ2v) is 10.3. The Bertz CT molecular complexity index is 865. The Kier molecular flexibility index (Phi) is 8.21. The third-order valence-corrected chi connectivity index (χ3v) is 4.54. The standard InChI is InChI=1S/C19H15Cl6N3/c1-3-5-12-7-8-13(14(11-12)6-4-2)9-10-15-26-16(18(20,21)22)28-17(27-15)19(23,24)25/h3-4,7-11H,1-2,5-6H2. The van der Waals surface area contributed by atoms with Crippen LogP contribution in [0, 0.1) is 0 Å². The predicted octanol–water partition coefficient (Wildman–Crippen LogP) is 7.15. The van der Waals surface area contributed by atoms with E-state index in [1.807, 2.05) is 30.4 Å². The molecule has 1 heterocycles. The highest BCUT2D eigenvalue weighted by atomic mass is 35.6. The van der Waals surface area contributed by atoms with Gasteiger partial charge < -0.3 is 0 Å². The van der Waals surface area contributed by atoms with Crippen molar-refractivity contribution in [3.63, 3.8) is 0 Å². The summed E-state index contributed by atoms with van der Waals surface area (Å²) < 4.78 is -3.78. The smallest absolute Gasteiger partial charge is 0.209 e. The molecule has 0 aliphatic rings. The van der Waals surface area contributed by atoms with E-state index in [4.69, 9.17) is 69.6 Å². The maximum atomic E-state index is 5.89. The quantitative estimate of drug-likeness (QED) is 0.314. The Hall–Kier alpha value is -0.810. The Labute approximate surface area is 194 Å². The summed E-state index contributed by atoms with van der Waals surface area (Å²) in [6, 6.07) is 6.10. The van der Waals surface area contributed by atoms with E-state index in [0.717, 1.165) is 23.1 Å². The largest absolute Gasteiger partial charge is 0.250 e. The monoisotopic (exact) mass is 495 g/mol. The average Bonchev–Trinajstić information content (AvgIpc) is 2.60. The van der Waals surface area contributed by atoms with Gasteiger partial charge in [0, 0.05) is 0 Å². The first-order valence-electron chi connectivity index (χ1n) is 7.96. The molecule has 2 rings (SSSR count). The molecule has 0 unspecified atom stereocenters. The topological polar surface area (TPSA) is 38.7 Å². The zero-order chi connectivity index (χ0) is 20.9. The summed E-state index contributed by atoms with van der Waals surface area (Å²) in [5, 5.41) is 0. The fourth-order valence-electron chi connectivity index (χ4n) is 2.33. The van der Waals surface area contributed by atoms with E-state index in [1.54, 1.807) is 6.08 Å². The highest BCUT2D eigenvalue weighted by Gasteiger charge is 2.33. The number of rotatable bonds is 6. The second kappa shape index (κ2) is 9.80. The lowest BCUT2D eigenvalue weighted by atomic mass is 9.99. The van der Waals surface area contributed by atoms with E-state index >= 15 is 0 Å². The van der Waals surface area contributed by atoms with E-state index < -0.39 is 7.59 Å². The fraction of sp³-hybridized carbons (Fsp3) is 0.211. The molecule has 148 valence electrons. The van der Waals surface area contributed by atoms with Crippen molar-refractivity contribution in [2.45, 2.75) is 20.4 Å². The van der Waals surface area contributed by atoms with Crippen LogP contribution in [0.2, 0.25) is 0 Å². The number of alkyl halides is 6. The van der Waals surface area contributed by atoms with Crippen LogP contribution < -0.4 is 0 Å². The Morgan fingerprint density at radius 2 is 1.36 bits per heavy atom. The molecule has 0 N–H and O–H groups in total. The summed E-state index contributed by atoms with van der Waals surface area (Å²) in [5.41, 5.74) is 3.20. The highest BCUT2D eigenvalue weighted by molar-refractivity contribution is 6.67. The summed E-state index contributed by atoms with van der Waals surface area (Å²) in [6.07, 6.45) is 8.62. The Balaban J connectivity index is 2.48. The van der Waals surface area contributed by atoms with Crippen molar-refractivity contribution in [2.24, 2.45) is 0 Å². The third-order valence-electron chi connectivity index (χ3n) is 3.52. The van der Waals surface area contributed by atoms with E-state index in [2.05, 4.69) is 34.2 Å². The minimum Gasteiger partial charge on any atom is -0.209 e. The highest BCUT2D eigenvalue weighted by Crippen LogP contribution is 2.40. The van der Waals surface area contributed by atoms with E-state index in [9.17, 15) is 0 Å². The molecule has 0 spiro atoms. The molecule has 2 aromatic rings. The van der Waals surface area contributed by atoms with Crippen molar-refractivity contribution in [3.8, 4) is 0 Å². The van der Waals surface area contributed by atoms with Gasteiger partial charge in [0.1, 0.15) is 0 Å². The molecule has 0 amide bonds. The number of halogens is 6. The molecule has 0 saturated carbocycles. The van der Waals surface area contributed by atoms with Crippen LogP contribution in [0.1, 0.15) is 34.2 Å². The summed E-state index contributed by atoms with van der Waals surface area (Å²) in [5.74, 6) is -0.0837. The molecule has 1 aromatic heterocycles. The molecule has 3 nitrogen and oxygen atoms in total. The number of benzene rings is 1. The number of hydrogen-bond donors (Lipinski definition) is 0. The molecule has 0 aliphatic heterocycles. The average molecular weight is 498 g/mol. The van der Waals surface area contributed by atoms with Gasteiger partial charge in [-0.3, -0.25) is 0 Å². The number of aromatic nitrogens is 3. The third kappa shape index (κ3) is 6.62. The number of hydrogen-bond acceptors (Lipinski definition) is 3. The van der Waals surface area contributed by atoms with Crippen molar-refractivity contribution in [3.05, 3.63) is 77.7 Å². The van der Waals surface area contributed by atoms with Gasteiger partial charge in [-0.15, -0.1) is 13.2 Å². The van der Waals surface area contributed by atoms with Crippen LogP contribution in [0.25, 0.3) is 12.2 Å². The fourth-order valence-corrected chi connectivity index (χ4v) is 2.84. The normalized spacial score (nSPS) is 12.4. The molecule has 9 heteroatoms. The summed E-state index contributed by atoms with van der Waals surface area (Å²) in [4.78, 5) is 12.2. The van der Waals surface area contributed by atoms with Crippen LogP contribution in [0.3, 0.4) is 0 Å². The van der Waals surface area contributed by atoms with Crippen LogP contribution in [-0.2, 0) is 20.4 Å². The van der Waals surface area contributed by atoms with Gasteiger partial charge in [-0.1, -0.05) is 106 Å². The molecule has 0 saturated heterocycles. The van der Waals surface area contributed by atoms with Gasteiger partial charge in [0.25, 0.3) is 0 Å². The van der Waals surface area contributed by atoms with Crippen LogP contribution in [0.5, 0.6) is 0 Å². The zero-order valence-electron chi connectivity index (χ0n) is 14.5. The lowest BCUT2D eigenvalue weighted by molar-refractivity contribution is 0.835. The first-order valence-corrected chi connectivity index (χ1v) is 10.2. The van der Waals surface area contributed by atoms with Crippen LogP contribution >= 0.6 is 69.6 Å². The first kappa shape index (κ1) is 23.5. The predicted molar refractivity (Wildman–Crippen MR) is 121 cm³/mol. The second-order valence-electron chi connectivity index (χ2n) is 5.69. The summed E-state index contributed by atoms with van der Waals surface area (Å²) >= 11 is 35.3. The lowest BCUT2D eigenvalue weighted by Crippen LogP contribution is -2.16. The van der Waals surface area contributed by atoms with Crippen molar-refractivity contribution >= 4 is 81.8 Å². The van der Waals surface area contributed by atoms with Gasteiger partial charge in [0.05, 0.1) is 0 Å².